The summed E-state index contributed by atoms with van der Waals surface area (Å²) in [6.45, 7) is 2.53. The van der Waals surface area contributed by atoms with Crippen LogP contribution >= 0.6 is 0 Å². The van der Waals surface area contributed by atoms with Crippen LogP contribution in [-0.4, -0.2) is 92.0 Å². The van der Waals surface area contributed by atoms with Crippen LogP contribution in [0.25, 0.3) is 21.9 Å². The molecule has 1 saturated carbocycles. The van der Waals surface area contributed by atoms with Crippen molar-refractivity contribution in [2.45, 2.75) is 102 Å². The minimum atomic E-state index is -1.73. The first-order valence-corrected chi connectivity index (χ1v) is 25.1. The molecule has 0 amide bonds. The summed E-state index contributed by atoms with van der Waals surface area (Å²) < 4.78 is 30.1. The maximum atomic E-state index is 15.8. The molecule has 0 spiro atoms. The molecule has 9 atom stereocenters. The number of benzene rings is 3. The van der Waals surface area contributed by atoms with Crippen LogP contribution in [0.3, 0.4) is 0 Å². The number of carbonyl (C=O) groups is 5. The number of allylic oxidation sites excluding steroid dienone is 9. The quantitative estimate of drug-likeness (QED) is 0.0379. The number of hydrogen-bond donors (Lipinski definition) is 6. The fourth-order valence-corrected chi connectivity index (χ4v) is 12.4. The molecule has 0 radical (unpaired) electrons. The normalized spacial score (nSPS) is 27.0. The number of carboxylic acid groups (broad SMARTS) is 2. The third-order valence-corrected chi connectivity index (χ3v) is 16.0. The van der Waals surface area contributed by atoms with E-state index in [4.69, 9.17) is 28.6 Å². The summed E-state index contributed by atoms with van der Waals surface area (Å²) >= 11 is 0. The molecule has 3 aromatic carbocycles. The monoisotopic (exact) mass is 1010 g/mol. The molecule has 0 bridgehead atoms. The van der Waals surface area contributed by atoms with Crippen molar-refractivity contribution in [3.05, 3.63) is 139 Å². The van der Waals surface area contributed by atoms with Gasteiger partial charge in [0.2, 0.25) is 0 Å². The van der Waals surface area contributed by atoms with E-state index in [9.17, 15) is 45.2 Å². The highest BCUT2D eigenvalue weighted by molar-refractivity contribution is 6.26. The lowest BCUT2D eigenvalue weighted by Gasteiger charge is -2.42. The van der Waals surface area contributed by atoms with Crippen LogP contribution in [0.15, 0.2) is 101 Å². The van der Waals surface area contributed by atoms with Gasteiger partial charge in [-0.2, -0.15) is 0 Å². The van der Waals surface area contributed by atoms with Crippen molar-refractivity contribution in [3.63, 3.8) is 0 Å². The molecule has 17 heteroatoms. The molecular weight excluding hydrogens is 957 g/mol. The predicted octanol–water partition coefficient (Wildman–Crippen LogP) is 5.57. The Morgan fingerprint density at radius 1 is 1.01 bits per heavy atom. The molecule has 9 unspecified atom stereocenters. The average molecular weight is 1010 g/mol. The van der Waals surface area contributed by atoms with E-state index in [2.05, 4.69) is 0 Å². The molecule has 0 saturated heterocycles. The number of carboxylic acids is 2. The van der Waals surface area contributed by atoms with Crippen molar-refractivity contribution < 1.29 is 83.3 Å². The van der Waals surface area contributed by atoms with E-state index in [1.54, 1.807) is 49.4 Å². The van der Waals surface area contributed by atoms with E-state index in [1.807, 2.05) is 19.1 Å². The zero-order valence-electron chi connectivity index (χ0n) is 40.5. The van der Waals surface area contributed by atoms with Crippen molar-refractivity contribution in [1.82, 2.24) is 0 Å². The number of rotatable bonds is 14. The molecule has 3 aromatic rings. The zero-order chi connectivity index (χ0) is 51.9. The molecule has 1 fully saturated rings. The van der Waals surface area contributed by atoms with E-state index in [1.165, 1.54) is 12.3 Å². The number of esters is 1. The van der Waals surface area contributed by atoms with Crippen LogP contribution in [0.2, 0.25) is 0 Å². The Balaban J connectivity index is 1.25. The van der Waals surface area contributed by atoms with E-state index in [0.717, 1.165) is 6.42 Å². The van der Waals surface area contributed by atoms with Gasteiger partial charge in [0.15, 0.2) is 17.7 Å². The minimum Gasteiger partial charge on any atom is -0.481 e. The molecule has 3 heterocycles. The summed E-state index contributed by atoms with van der Waals surface area (Å²) in [7, 11) is 0. The third kappa shape index (κ3) is 8.04. The molecular formula is C57H54O17. The van der Waals surface area contributed by atoms with E-state index < -0.39 is 78.4 Å². The first-order valence-electron chi connectivity index (χ1n) is 25.1. The van der Waals surface area contributed by atoms with Crippen molar-refractivity contribution in [2.24, 2.45) is 23.7 Å². The average Bonchev–Trinajstić information content (AvgIpc) is 3.65. The van der Waals surface area contributed by atoms with Crippen molar-refractivity contribution in [2.75, 3.05) is 13.2 Å². The Hall–Kier alpha value is -6.99. The van der Waals surface area contributed by atoms with E-state index >= 15 is 9.59 Å². The predicted molar refractivity (Wildman–Crippen MR) is 261 cm³/mol. The van der Waals surface area contributed by atoms with Crippen LogP contribution in [-0.2, 0) is 51.3 Å². The molecule has 0 aromatic heterocycles. The zero-order valence-corrected chi connectivity index (χ0v) is 40.5. The molecule has 74 heavy (non-hydrogen) atoms. The number of Topliss-reactive ketones (excluding diaryl/α,β-unsaturated/α-hetero) is 2. The van der Waals surface area contributed by atoms with Crippen LogP contribution in [0.4, 0.5) is 0 Å². The van der Waals surface area contributed by atoms with Gasteiger partial charge in [0, 0.05) is 69.1 Å². The van der Waals surface area contributed by atoms with Crippen LogP contribution < -0.4 is 19.9 Å². The summed E-state index contributed by atoms with van der Waals surface area (Å²) in [5, 5.41) is 67.4. The van der Waals surface area contributed by atoms with Crippen LogP contribution in [0.5, 0.6) is 11.5 Å². The van der Waals surface area contributed by atoms with Gasteiger partial charge in [-0.05, 0) is 119 Å². The maximum absolute atomic E-state index is 15.8. The topological polar surface area (TPSA) is 262 Å². The number of aromatic carboxylic acids is 1. The number of aliphatic hydroxyl groups is 3. The van der Waals surface area contributed by atoms with Crippen LogP contribution in [0, 0.1) is 23.7 Å². The summed E-state index contributed by atoms with van der Waals surface area (Å²) in [4.78, 5) is 75.5. The number of aliphatic carboxylic acids is 1. The summed E-state index contributed by atoms with van der Waals surface area (Å²) in [6, 6.07) is 8.27. The first-order chi connectivity index (χ1) is 35.7. The fraction of sp³-hybridized carbons (Fsp3) is 0.386. The SMILES string of the molecule is CCC1=CC(O)C(O)C(Oc2c(C(=O)O)c3c4c5c(cc(C(Cc6cccc7c6COCC(=O)O7)OO)cc25)=C(C(=O)C2C=CCCC2)C2=CC(C(=O)C5CCC(C)C(C(=O)O)C5)=C5C=COC(=C5C24)C=3CO)O1. The lowest BCUT2D eigenvalue weighted by atomic mass is 9.62. The summed E-state index contributed by atoms with van der Waals surface area (Å²) in [5.41, 5.74) is 2.73. The molecule has 8 aliphatic rings. The Labute approximate surface area is 423 Å². The van der Waals surface area contributed by atoms with Gasteiger partial charge in [0.05, 0.1) is 31.2 Å². The van der Waals surface area contributed by atoms with Gasteiger partial charge in [-0.25, -0.2) is 14.5 Å². The van der Waals surface area contributed by atoms with Gasteiger partial charge in [0.25, 0.3) is 6.29 Å². The second kappa shape index (κ2) is 19.4. The number of ketones is 2. The molecule has 6 N–H and O–H groups in total. The number of hydrogen-bond acceptors (Lipinski definition) is 15. The van der Waals surface area contributed by atoms with Crippen LogP contribution in [0.1, 0.15) is 103 Å². The van der Waals surface area contributed by atoms with Gasteiger partial charge in [-0.3, -0.25) is 19.6 Å². The van der Waals surface area contributed by atoms with Gasteiger partial charge in [0.1, 0.15) is 41.6 Å². The number of ether oxygens (including phenoxy) is 5. The second-order valence-corrected chi connectivity index (χ2v) is 20.2. The van der Waals surface area contributed by atoms with Gasteiger partial charge in [-0.15, -0.1) is 0 Å². The summed E-state index contributed by atoms with van der Waals surface area (Å²) in [5.74, 6) is -6.84. The number of fused-ring (bicyclic) bond motifs is 1. The highest BCUT2D eigenvalue weighted by Crippen LogP contribution is 2.55. The minimum absolute atomic E-state index is 0.00112. The maximum Gasteiger partial charge on any atom is 0.340 e. The van der Waals surface area contributed by atoms with Crippen molar-refractivity contribution in [3.8, 4) is 11.5 Å². The lowest BCUT2D eigenvalue weighted by Crippen LogP contribution is -2.46. The Bertz CT molecular complexity index is 3310. The van der Waals surface area contributed by atoms with Gasteiger partial charge in [-0.1, -0.05) is 38.1 Å². The number of carbonyl (C=O) groups excluding carboxylic acids is 3. The second-order valence-electron chi connectivity index (χ2n) is 20.2. The largest absolute Gasteiger partial charge is 0.481 e. The standard InChI is InChI=1S/C57H54O17/c1-3-30-20-39(59)52(63)57(71-30)73-54-36-18-29(41(74-68)19-27-10-7-11-40-38(27)23-69-24-42(60)72-40)17-34-43(36)48-45-35(44(34)51(62)26-8-5-4-6-9-26)21-33(50(61)28-13-12-25(2)32(16-28)55(64)65)31-14-15-70-53(47(31)45)37(22-58)46(48)49(54)56(66)67/h5,7-8,10-11,14-15,17-18,20-21,25-26,28,32,39,41,45,52,57-59,63,68H,3-4,6,9,12-13,16,19,22-24H2,1-2H3,(H,64,65)(H,66,67). The highest BCUT2D eigenvalue weighted by atomic mass is 17.1. The Kier molecular flexibility index (Phi) is 12.9. The molecule has 11 rings (SSSR count). The molecule has 17 nitrogen and oxygen atoms in total. The van der Waals surface area contributed by atoms with Crippen molar-refractivity contribution >= 4 is 51.4 Å². The lowest BCUT2D eigenvalue weighted by molar-refractivity contribution is -0.281. The highest BCUT2D eigenvalue weighted by Gasteiger charge is 2.49. The van der Waals surface area contributed by atoms with Crippen molar-refractivity contribution in [1.29, 1.82) is 0 Å². The smallest absolute Gasteiger partial charge is 0.340 e. The fourth-order valence-electron chi connectivity index (χ4n) is 12.4. The van der Waals surface area contributed by atoms with E-state index in [-0.39, 0.29) is 111 Å². The Morgan fingerprint density at radius 2 is 1.84 bits per heavy atom. The third-order valence-electron chi connectivity index (χ3n) is 16.0. The van der Waals surface area contributed by atoms with Gasteiger partial charge < -0.3 is 49.2 Å². The summed E-state index contributed by atoms with van der Waals surface area (Å²) in [6.07, 6.45) is 6.72. The molecule has 5 aliphatic carbocycles. The van der Waals surface area contributed by atoms with Gasteiger partial charge >= 0.3 is 17.9 Å². The van der Waals surface area contributed by atoms with E-state index in [0.29, 0.717) is 64.5 Å². The first kappa shape index (κ1) is 49.2. The number of aliphatic hydroxyl groups excluding tert-OH is 3. The molecule has 384 valence electrons. The Morgan fingerprint density at radius 3 is 2.57 bits per heavy atom. The molecule has 3 aliphatic heterocycles.